The number of rotatable bonds is 5. The van der Waals surface area contributed by atoms with Gasteiger partial charge in [-0.25, -0.2) is 14.6 Å². The maximum Gasteiger partial charge on any atom is 0.333 e. The Hall–Kier alpha value is -3.92. The van der Waals surface area contributed by atoms with Crippen LogP contribution in [0.3, 0.4) is 0 Å². The molecule has 7 nitrogen and oxygen atoms in total. The van der Waals surface area contributed by atoms with Crippen molar-refractivity contribution >= 4 is 27.5 Å². The van der Waals surface area contributed by atoms with E-state index in [0.29, 0.717) is 38.7 Å². The van der Waals surface area contributed by atoms with Gasteiger partial charge in [0.1, 0.15) is 17.2 Å². The van der Waals surface area contributed by atoms with Crippen LogP contribution in [0, 0.1) is 0 Å². The van der Waals surface area contributed by atoms with E-state index in [4.69, 9.17) is 5.73 Å². The number of hydrogen-bond acceptors (Lipinski definition) is 5. The number of carbonyl (C=O) groups excluding carboxylic acids is 1. The highest BCUT2D eigenvalue weighted by Crippen LogP contribution is 2.34. The number of nitrogens with one attached hydrogen (secondary N) is 1. The number of amides is 1. The lowest BCUT2D eigenvalue weighted by Crippen LogP contribution is -2.10. The van der Waals surface area contributed by atoms with Crippen LogP contribution in [0.2, 0.25) is 0 Å². The van der Waals surface area contributed by atoms with Crippen LogP contribution in [0.15, 0.2) is 60.2 Å². The summed E-state index contributed by atoms with van der Waals surface area (Å²) in [4.78, 5) is 23.5. The van der Waals surface area contributed by atoms with E-state index >= 15 is 0 Å². The average molecular weight is 436 g/mol. The van der Waals surface area contributed by atoms with E-state index < -0.39 is 12.5 Å². The molecule has 5 rings (SSSR count). The highest BCUT2D eigenvalue weighted by Gasteiger charge is 2.19. The first-order valence-electron chi connectivity index (χ1n) is 9.17. The molecule has 0 bridgehead atoms. The van der Waals surface area contributed by atoms with Crippen molar-refractivity contribution in [1.82, 2.24) is 24.7 Å². The average Bonchev–Trinajstić information content (AvgIpc) is 3.51. The molecule has 154 valence electrons. The minimum Gasteiger partial charge on any atom is -0.366 e. The molecule has 0 spiro atoms. The molecule has 3 aromatic heterocycles. The fourth-order valence-electron chi connectivity index (χ4n) is 3.28. The topological polar surface area (TPSA) is 102 Å². The number of carbonyl (C=O) groups is 1. The Morgan fingerprint density at radius 1 is 1.10 bits per heavy atom. The first kappa shape index (κ1) is 19.1. The molecule has 0 atom stereocenters. The van der Waals surface area contributed by atoms with Crippen molar-refractivity contribution < 1.29 is 13.6 Å². The zero-order valence-electron chi connectivity index (χ0n) is 15.8. The molecule has 0 saturated carbocycles. The number of thiazole rings is 1. The SMILES string of the molecule is NC(=O)c1ccc(-c2nc(-c3ccn(C(F)F)n3)c(-c3ccc4ncsc4c3)[nH]2)cc1. The van der Waals surface area contributed by atoms with E-state index in [0.717, 1.165) is 15.8 Å². The van der Waals surface area contributed by atoms with Crippen LogP contribution in [0.5, 0.6) is 0 Å². The molecule has 0 aliphatic heterocycles. The first-order chi connectivity index (χ1) is 15.0. The van der Waals surface area contributed by atoms with Crippen LogP contribution in [0.4, 0.5) is 8.78 Å². The van der Waals surface area contributed by atoms with Crippen molar-refractivity contribution in [2.45, 2.75) is 6.55 Å². The minimum atomic E-state index is -2.74. The Balaban J connectivity index is 1.66. The number of H-pyrrole nitrogens is 1. The van der Waals surface area contributed by atoms with E-state index in [1.54, 1.807) is 29.8 Å². The number of nitrogens with zero attached hydrogens (tertiary/aromatic N) is 4. The van der Waals surface area contributed by atoms with Gasteiger partial charge in [-0.2, -0.15) is 13.9 Å². The lowest BCUT2D eigenvalue weighted by molar-refractivity contribution is 0.0568. The van der Waals surface area contributed by atoms with Gasteiger partial charge < -0.3 is 10.7 Å². The van der Waals surface area contributed by atoms with Crippen molar-refractivity contribution in [2.75, 3.05) is 0 Å². The number of alkyl halides is 2. The summed E-state index contributed by atoms with van der Waals surface area (Å²) in [5.41, 5.74) is 11.3. The van der Waals surface area contributed by atoms with E-state index in [9.17, 15) is 13.6 Å². The molecule has 31 heavy (non-hydrogen) atoms. The van der Waals surface area contributed by atoms with Crippen LogP contribution in [0.25, 0.3) is 44.2 Å². The third-order valence-corrected chi connectivity index (χ3v) is 5.61. The summed E-state index contributed by atoms with van der Waals surface area (Å²) in [7, 11) is 0. The standard InChI is InChI=1S/C21H14F2N6OS/c22-21(23)29-8-7-15(28-29)18-17(13-5-6-14-16(9-13)31-10-25-14)26-20(27-18)12-3-1-11(2-4-12)19(24)30/h1-10,21H,(H2,24,30)(H,26,27). The molecular weight excluding hydrogens is 422 g/mol. The zero-order valence-corrected chi connectivity index (χ0v) is 16.6. The molecule has 0 radical (unpaired) electrons. The molecule has 0 unspecified atom stereocenters. The summed E-state index contributed by atoms with van der Waals surface area (Å²) >= 11 is 1.51. The Morgan fingerprint density at radius 2 is 1.87 bits per heavy atom. The summed E-state index contributed by atoms with van der Waals surface area (Å²) < 4.78 is 27.7. The van der Waals surface area contributed by atoms with Crippen molar-refractivity contribution in [3.05, 3.63) is 65.8 Å². The minimum absolute atomic E-state index is 0.316. The third-order valence-electron chi connectivity index (χ3n) is 4.82. The number of benzene rings is 2. The maximum atomic E-state index is 13.1. The number of nitrogens with two attached hydrogens (primary N) is 1. The number of imidazole rings is 1. The van der Waals surface area contributed by atoms with Gasteiger partial charge in [0.05, 0.1) is 21.4 Å². The van der Waals surface area contributed by atoms with E-state index in [1.807, 2.05) is 18.2 Å². The van der Waals surface area contributed by atoms with Gasteiger partial charge in [-0.15, -0.1) is 11.3 Å². The van der Waals surface area contributed by atoms with Gasteiger partial charge in [-0.05, 0) is 30.3 Å². The second-order valence-corrected chi connectivity index (χ2v) is 7.63. The summed E-state index contributed by atoms with van der Waals surface area (Å²) in [5.74, 6) is -0.0141. The Labute approximate surface area is 178 Å². The second-order valence-electron chi connectivity index (χ2n) is 6.74. The van der Waals surface area contributed by atoms with Crippen LogP contribution >= 0.6 is 11.3 Å². The smallest absolute Gasteiger partial charge is 0.333 e. The molecule has 2 aromatic carbocycles. The van der Waals surface area contributed by atoms with Gasteiger partial charge >= 0.3 is 6.55 Å². The van der Waals surface area contributed by atoms with Crippen LogP contribution < -0.4 is 5.73 Å². The molecule has 3 N–H and O–H groups in total. The van der Waals surface area contributed by atoms with E-state index in [1.165, 1.54) is 23.6 Å². The number of aromatic nitrogens is 5. The Kier molecular flexibility index (Phi) is 4.55. The van der Waals surface area contributed by atoms with Crippen molar-refractivity contribution in [3.63, 3.8) is 0 Å². The molecule has 0 saturated heterocycles. The van der Waals surface area contributed by atoms with Gasteiger partial charge in [0.25, 0.3) is 0 Å². The summed E-state index contributed by atoms with van der Waals surface area (Å²) in [6, 6.07) is 13.9. The highest BCUT2D eigenvalue weighted by atomic mass is 32.1. The number of halogens is 2. The number of hydrogen-bond donors (Lipinski definition) is 2. The summed E-state index contributed by atoms with van der Waals surface area (Å²) in [6.45, 7) is -2.74. The maximum absolute atomic E-state index is 13.1. The quantitative estimate of drug-likeness (QED) is 0.416. The molecule has 3 heterocycles. The van der Waals surface area contributed by atoms with Gasteiger partial charge in [0.15, 0.2) is 0 Å². The third kappa shape index (κ3) is 3.46. The van der Waals surface area contributed by atoms with Crippen LogP contribution in [-0.2, 0) is 0 Å². The van der Waals surface area contributed by atoms with Gasteiger partial charge in [-0.1, -0.05) is 18.2 Å². The second kappa shape index (κ2) is 7.40. The Morgan fingerprint density at radius 3 is 2.58 bits per heavy atom. The molecule has 1 amide bonds. The molecule has 0 aliphatic carbocycles. The zero-order chi connectivity index (χ0) is 21.5. The normalized spacial score (nSPS) is 11.5. The predicted molar refractivity (Wildman–Crippen MR) is 114 cm³/mol. The van der Waals surface area contributed by atoms with Crippen molar-refractivity contribution in [2.24, 2.45) is 5.73 Å². The van der Waals surface area contributed by atoms with Gasteiger partial charge in [-0.3, -0.25) is 4.79 Å². The van der Waals surface area contributed by atoms with E-state index in [2.05, 4.69) is 20.1 Å². The molecule has 0 aliphatic rings. The van der Waals surface area contributed by atoms with Crippen molar-refractivity contribution in [3.8, 4) is 34.0 Å². The summed E-state index contributed by atoms with van der Waals surface area (Å²) in [6.07, 6.45) is 1.21. The van der Waals surface area contributed by atoms with Gasteiger partial charge in [0.2, 0.25) is 5.91 Å². The number of aromatic amines is 1. The molecule has 5 aromatic rings. The number of fused-ring (bicyclic) bond motifs is 1. The highest BCUT2D eigenvalue weighted by molar-refractivity contribution is 7.16. The van der Waals surface area contributed by atoms with Crippen LogP contribution in [0.1, 0.15) is 16.9 Å². The summed E-state index contributed by atoms with van der Waals surface area (Å²) in [5, 5.41) is 3.98. The molecule has 0 fully saturated rings. The number of primary amides is 1. The Bertz CT molecular complexity index is 1400. The van der Waals surface area contributed by atoms with Crippen molar-refractivity contribution in [1.29, 1.82) is 0 Å². The fourth-order valence-corrected chi connectivity index (χ4v) is 4.00. The lowest BCUT2D eigenvalue weighted by Gasteiger charge is -2.02. The molecule has 10 heteroatoms. The molecular formula is C21H14F2N6OS. The predicted octanol–water partition coefficient (Wildman–Crippen LogP) is 4.71. The lowest BCUT2D eigenvalue weighted by atomic mass is 10.1. The fraction of sp³-hybridized carbons (Fsp3) is 0.0476. The van der Waals surface area contributed by atoms with Gasteiger partial charge in [0, 0.05) is 22.9 Å². The van der Waals surface area contributed by atoms with Crippen LogP contribution in [-0.4, -0.2) is 30.6 Å². The monoisotopic (exact) mass is 436 g/mol. The first-order valence-corrected chi connectivity index (χ1v) is 10.0. The largest absolute Gasteiger partial charge is 0.366 e. The van der Waals surface area contributed by atoms with E-state index in [-0.39, 0.29) is 0 Å².